The number of nitrogens with zero attached hydrogens (tertiary/aromatic N) is 4. The van der Waals surface area contributed by atoms with Crippen LogP contribution in [0.1, 0.15) is 22.2 Å². The Morgan fingerprint density at radius 3 is 2.72 bits per heavy atom. The molecular weight excluding hydrogens is 404 g/mol. The Labute approximate surface area is 175 Å². The highest BCUT2D eigenvalue weighted by molar-refractivity contribution is 7.21. The molecule has 3 aromatic heterocycles. The second-order valence-corrected chi connectivity index (χ2v) is 8.22. The number of fused-ring (bicyclic) bond motifs is 1. The molecule has 0 aliphatic heterocycles. The first-order chi connectivity index (χ1) is 14.1. The minimum atomic E-state index is -0.507. The summed E-state index contributed by atoms with van der Waals surface area (Å²) < 4.78 is 5.17. The number of hydrogen-bond donors (Lipinski definition) is 0. The van der Waals surface area contributed by atoms with Gasteiger partial charge < -0.3 is 4.74 Å². The lowest BCUT2D eigenvalue weighted by molar-refractivity contribution is 0.0533. The summed E-state index contributed by atoms with van der Waals surface area (Å²) in [5.74, 6) is -0.507. The summed E-state index contributed by atoms with van der Waals surface area (Å²) in [6, 6.07) is 14.1. The minimum absolute atomic E-state index is 0.239. The molecular formula is C21H16N4O2S2. The fourth-order valence-electron chi connectivity index (χ4n) is 3.06. The second-order valence-electron chi connectivity index (χ2n) is 6.27. The van der Waals surface area contributed by atoms with E-state index in [1.54, 1.807) is 18.3 Å². The fraction of sp³-hybridized carbons (Fsp3) is 0.143. The molecule has 0 atom stereocenters. The second kappa shape index (κ2) is 8.05. The largest absolute Gasteiger partial charge is 0.462 e. The molecule has 0 aliphatic carbocycles. The van der Waals surface area contributed by atoms with Crippen molar-refractivity contribution < 1.29 is 9.53 Å². The number of esters is 1. The van der Waals surface area contributed by atoms with E-state index in [9.17, 15) is 4.79 Å². The molecule has 1 aromatic carbocycles. The number of thiophene rings is 2. The highest BCUT2D eigenvalue weighted by Crippen LogP contribution is 2.45. The summed E-state index contributed by atoms with van der Waals surface area (Å²) in [6.45, 7) is 4.01. The molecule has 0 spiro atoms. The number of aromatic nitrogens is 1. The number of azide groups is 1. The Kier molecular flexibility index (Phi) is 5.31. The van der Waals surface area contributed by atoms with Crippen LogP contribution in [-0.4, -0.2) is 17.6 Å². The van der Waals surface area contributed by atoms with Crippen LogP contribution in [0.2, 0.25) is 0 Å². The van der Waals surface area contributed by atoms with Crippen molar-refractivity contribution in [2.75, 3.05) is 6.61 Å². The number of ether oxygens (including phenoxy) is 1. The van der Waals surface area contributed by atoms with Crippen molar-refractivity contribution in [2.24, 2.45) is 5.11 Å². The maximum atomic E-state index is 12.5. The van der Waals surface area contributed by atoms with E-state index in [2.05, 4.69) is 10.0 Å². The number of benzene rings is 1. The van der Waals surface area contributed by atoms with Gasteiger partial charge >= 0.3 is 5.97 Å². The Balaban J connectivity index is 2.04. The lowest BCUT2D eigenvalue weighted by atomic mass is 10.0. The molecule has 0 fully saturated rings. The highest BCUT2D eigenvalue weighted by Gasteiger charge is 2.23. The van der Waals surface area contributed by atoms with Crippen LogP contribution >= 0.6 is 22.7 Å². The first-order valence-corrected chi connectivity index (χ1v) is 10.6. The molecule has 4 aromatic rings. The number of carbonyl (C=O) groups excluding carboxylic acids is 1. The zero-order valence-electron chi connectivity index (χ0n) is 15.7. The van der Waals surface area contributed by atoms with Gasteiger partial charge in [-0.1, -0.05) is 41.0 Å². The third-order valence-electron chi connectivity index (χ3n) is 4.38. The molecule has 3 heterocycles. The van der Waals surface area contributed by atoms with E-state index >= 15 is 0 Å². The summed E-state index contributed by atoms with van der Waals surface area (Å²) in [4.78, 5) is 22.1. The van der Waals surface area contributed by atoms with Crippen molar-refractivity contribution in [1.82, 2.24) is 4.98 Å². The molecule has 8 heteroatoms. The van der Waals surface area contributed by atoms with Crippen LogP contribution in [0.15, 0.2) is 53.0 Å². The van der Waals surface area contributed by atoms with E-state index in [4.69, 9.17) is 15.3 Å². The number of pyridine rings is 1. The average molecular weight is 421 g/mol. The smallest absolute Gasteiger partial charge is 0.348 e. The Morgan fingerprint density at radius 2 is 2.07 bits per heavy atom. The summed E-state index contributed by atoms with van der Waals surface area (Å²) in [5.41, 5.74) is 13.2. The van der Waals surface area contributed by atoms with Crippen LogP contribution in [0.4, 0.5) is 5.69 Å². The summed E-state index contributed by atoms with van der Waals surface area (Å²) >= 11 is 2.77. The van der Waals surface area contributed by atoms with Gasteiger partial charge in [-0.3, -0.25) is 0 Å². The third kappa shape index (κ3) is 3.61. The van der Waals surface area contributed by atoms with Gasteiger partial charge in [-0.25, -0.2) is 9.78 Å². The van der Waals surface area contributed by atoms with Gasteiger partial charge in [0.1, 0.15) is 9.71 Å². The highest BCUT2D eigenvalue weighted by atomic mass is 32.1. The van der Waals surface area contributed by atoms with Crippen LogP contribution in [0.3, 0.4) is 0 Å². The Bertz CT molecular complexity index is 1240. The topological polar surface area (TPSA) is 88.0 Å². The molecule has 0 saturated heterocycles. The third-order valence-corrected chi connectivity index (χ3v) is 6.33. The van der Waals surface area contributed by atoms with E-state index in [0.717, 1.165) is 21.7 Å². The molecule has 6 nitrogen and oxygen atoms in total. The SMILES string of the molecule is CCOC(=O)c1sc2nc(-c3ccc(C)cc3)cc(-c3cccs3)c2c1N=[N+]=[N-]. The predicted molar refractivity (Wildman–Crippen MR) is 118 cm³/mol. The first kappa shape index (κ1) is 19.1. The van der Waals surface area contributed by atoms with Gasteiger partial charge in [0.2, 0.25) is 0 Å². The molecule has 0 N–H and O–H groups in total. The zero-order chi connectivity index (χ0) is 20.4. The van der Waals surface area contributed by atoms with Crippen LogP contribution in [0, 0.1) is 6.92 Å². The van der Waals surface area contributed by atoms with Gasteiger partial charge in [-0.2, -0.15) is 0 Å². The normalized spacial score (nSPS) is 10.7. The molecule has 4 rings (SSSR count). The minimum Gasteiger partial charge on any atom is -0.462 e. The standard InChI is InChI=1S/C21H16N4O2S2/c1-3-27-21(26)19-18(24-25-22)17-14(16-5-4-10-28-16)11-15(23-20(17)29-19)13-8-6-12(2)7-9-13/h4-11H,3H2,1-2H3. The van der Waals surface area contributed by atoms with Crippen LogP contribution in [0.25, 0.3) is 42.4 Å². The van der Waals surface area contributed by atoms with Crippen molar-refractivity contribution in [3.05, 3.63) is 68.7 Å². The van der Waals surface area contributed by atoms with Gasteiger partial charge in [-0.05, 0) is 36.9 Å². The molecule has 144 valence electrons. The maximum absolute atomic E-state index is 12.5. The van der Waals surface area contributed by atoms with Crippen LogP contribution in [-0.2, 0) is 4.74 Å². The van der Waals surface area contributed by atoms with Gasteiger partial charge in [0.05, 0.1) is 18.0 Å². The number of hydrogen-bond acceptors (Lipinski definition) is 6. The van der Waals surface area contributed by atoms with E-state index in [0.29, 0.717) is 10.2 Å². The van der Waals surface area contributed by atoms with E-state index in [1.807, 2.05) is 54.8 Å². The van der Waals surface area contributed by atoms with Crippen molar-refractivity contribution >= 4 is 44.5 Å². The van der Waals surface area contributed by atoms with Crippen molar-refractivity contribution in [3.63, 3.8) is 0 Å². The van der Waals surface area contributed by atoms with Crippen molar-refractivity contribution in [2.45, 2.75) is 13.8 Å². The van der Waals surface area contributed by atoms with Gasteiger partial charge in [0.25, 0.3) is 0 Å². The lowest BCUT2D eigenvalue weighted by Crippen LogP contribution is -2.02. The van der Waals surface area contributed by atoms with E-state index < -0.39 is 5.97 Å². The molecule has 0 bridgehead atoms. The van der Waals surface area contributed by atoms with Crippen LogP contribution < -0.4 is 0 Å². The fourth-order valence-corrected chi connectivity index (χ4v) is 4.83. The molecule has 0 unspecified atom stereocenters. The van der Waals surface area contributed by atoms with Gasteiger partial charge in [0, 0.05) is 26.3 Å². The Morgan fingerprint density at radius 1 is 1.28 bits per heavy atom. The average Bonchev–Trinajstić information content (AvgIpc) is 3.37. The van der Waals surface area contributed by atoms with E-state index in [1.165, 1.54) is 16.9 Å². The number of rotatable bonds is 5. The van der Waals surface area contributed by atoms with Gasteiger partial charge in [-0.15, -0.1) is 22.7 Å². The molecule has 29 heavy (non-hydrogen) atoms. The summed E-state index contributed by atoms with van der Waals surface area (Å²) in [6.07, 6.45) is 0. The molecule has 0 saturated carbocycles. The number of carbonyl (C=O) groups is 1. The summed E-state index contributed by atoms with van der Waals surface area (Å²) in [5, 5.41) is 6.50. The monoisotopic (exact) mass is 420 g/mol. The van der Waals surface area contributed by atoms with E-state index in [-0.39, 0.29) is 17.2 Å². The zero-order valence-corrected chi connectivity index (χ0v) is 17.4. The van der Waals surface area contributed by atoms with Crippen molar-refractivity contribution in [3.8, 4) is 21.7 Å². The molecule has 0 amide bonds. The lowest BCUT2D eigenvalue weighted by Gasteiger charge is -2.07. The number of aryl methyl sites for hydroxylation is 1. The molecule has 0 radical (unpaired) electrons. The Hall–Kier alpha value is -3.19. The first-order valence-electron chi connectivity index (χ1n) is 8.93. The van der Waals surface area contributed by atoms with Gasteiger partial charge in [0.15, 0.2) is 0 Å². The maximum Gasteiger partial charge on any atom is 0.348 e. The predicted octanol–water partition coefficient (Wildman–Crippen LogP) is 7.12. The molecule has 0 aliphatic rings. The van der Waals surface area contributed by atoms with Crippen LogP contribution in [0.5, 0.6) is 0 Å². The van der Waals surface area contributed by atoms with Crippen molar-refractivity contribution in [1.29, 1.82) is 0 Å². The summed E-state index contributed by atoms with van der Waals surface area (Å²) in [7, 11) is 0. The quantitative estimate of drug-likeness (QED) is 0.149.